The summed E-state index contributed by atoms with van der Waals surface area (Å²) in [7, 11) is -4.30. The van der Waals surface area contributed by atoms with Gasteiger partial charge in [0.2, 0.25) is 0 Å². The number of hydrogen-bond donors (Lipinski definition) is 0. The number of anilines is 1. The van der Waals surface area contributed by atoms with Crippen molar-refractivity contribution < 1.29 is 36.7 Å². The van der Waals surface area contributed by atoms with Gasteiger partial charge in [0.05, 0.1) is 5.75 Å². The van der Waals surface area contributed by atoms with E-state index >= 15 is 4.39 Å². The van der Waals surface area contributed by atoms with Gasteiger partial charge in [-0.25, -0.2) is 22.4 Å². The van der Waals surface area contributed by atoms with Crippen molar-refractivity contribution >= 4 is 39.3 Å². The number of ketones is 1. The minimum absolute atomic E-state index is 0.122. The number of sulfone groups is 1. The number of rotatable bonds is 5. The number of aromatic nitrogens is 1. The van der Waals surface area contributed by atoms with Crippen LogP contribution >= 0.6 is 0 Å². The maximum Gasteiger partial charge on any atom is 0.425 e. The molecule has 0 aliphatic carbocycles. The zero-order valence-corrected chi connectivity index (χ0v) is 30.4. The number of pyridine rings is 1. The van der Waals surface area contributed by atoms with Crippen LogP contribution in [0.2, 0.25) is 0 Å². The Labute approximate surface area is 292 Å². The summed E-state index contributed by atoms with van der Waals surface area (Å²) in [5.74, 6) is -2.15. The number of carbonyl (C=O) groups is 3. The quantitative estimate of drug-likeness (QED) is 0.275. The van der Waals surface area contributed by atoms with E-state index in [-0.39, 0.29) is 36.6 Å². The highest BCUT2D eigenvalue weighted by Gasteiger charge is 2.65. The number of halogens is 1. The van der Waals surface area contributed by atoms with Crippen molar-refractivity contribution in [3.63, 3.8) is 0 Å². The Hall–Kier alpha value is -4.65. The van der Waals surface area contributed by atoms with Gasteiger partial charge in [-0.15, -0.1) is 0 Å². The Morgan fingerprint density at radius 1 is 0.920 bits per heavy atom. The molecule has 0 N–H and O–H groups in total. The van der Waals surface area contributed by atoms with Gasteiger partial charge in [0.1, 0.15) is 34.1 Å². The van der Waals surface area contributed by atoms with Crippen LogP contribution < -0.4 is 4.90 Å². The van der Waals surface area contributed by atoms with Crippen LogP contribution in [0.25, 0.3) is 0 Å². The molecule has 13 heteroatoms. The van der Waals surface area contributed by atoms with E-state index < -0.39 is 60.9 Å². The molecule has 2 aliphatic rings. The molecule has 0 bridgehead atoms. The van der Waals surface area contributed by atoms with Gasteiger partial charge >= 0.3 is 12.2 Å². The van der Waals surface area contributed by atoms with Gasteiger partial charge < -0.3 is 14.4 Å². The number of hydrogen-bond acceptors (Lipinski definition) is 10. The standard InChI is InChI=1S/C37H43FN4O7S/c1-24-14-17-29(39-20-24)30(43)19-25-15-16-28(38)27(18-25)36(8)23-50(46,47)37(21-41(22-37)26-12-10-9-11-13-26)31(40-36)42(32(44)48-34(2,3)4)33(45)49-35(5,6)7/h9-18,20H,19,21-23H2,1-8H3/t36-/m0/s1. The Morgan fingerprint density at radius 2 is 1.52 bits per heavy atom. The Bertz CT molecular complexity index is 1920. The number of aliphatic imine (C=N–C) groups is 1. The molecule has 2 amide bonds. The van der Waals surface area contributed by atoms with Crippen molar-refractivity contribution in [3.05, 3.63) is 95.1 Å². The molecule has 1 spiro atoms. The molecule has 0 radical (unpaired) electrons. The van der Waals surface area contributed by atoms with E-state index in [1.165, 1.54) is 19.1 Å². The SMILES string of the molecule is Cc1ccc(C(=O)Cc2ccc(F)c([C@]3(C)CS(=O)(=O)C4(CN(c5ccccc5)C4)C(N(C(=O)OC(C)(C)C)C(=O)OC(C)(C)C)=N3)c2)nc1. The summed E-state index contributed by atoms with van der Waals surface area (Å²) in [6.45, 7) is 12.6. The molecule has 2 aliphatic heterocycles. The summed E-state index contributed by atoms with van der Waals surface area (Å²) >= 11 is 0. The number of carbonyl (C=O) groups excluding carboxylic acids is 3. The first-order valence-electron chi connectivity index (χ1n) is 16.3. The van der Waals surface area contributed by atoms with Crippen LogP contribution in [0.5, 0.6) is 0 Å². The molecule has 5 rings (SSSR count). The Kier molecular flexibility index (Phi) is 9.46. The second-order valence-electron chi connectivity index (χ2n) is 15.1. The lowest BCUT2D eigenvalue weighted by Gasteiger charge is -2.54. The molecule has 1 aromatic heterocycles. The molecule has 11 nitrogen and oxygen atoms in total. The first kappa shape index (κ1) is 36.6. The van der Waals surface area contributed by atoms with Crippen molar-refractivity contribution in [2.24, 2.45) is 4.99 Å². The highest BCUT2D eigenvalue weighted by atomic mass is 32.2. The average molecular weight is 707 g/mol. The third-order valence-corrected chi connectivity index (χ3v) is 11.0. The van der Waals surface area contributed by atoms with Crippen molar-refractivity contribution in [1.29, 1.82) is 0 Å². The second-order valence-corrected chi connectivity index (χ2v) is 17.4. The molecule has 0 unspecified atom stereocenters. The lowest BCUT2D eigenvalue weighted by atomic mass is 9.89. The Morgan fingerprint density at radius 3 is 2.06 bits per heavy atom. The maximum atomic E-state index is 15.9. The molecular weight excluding hydrogens is 663 g/mol. The lowest BCUT2D eigenvalue weighted by molar-refractivity contribution is 0.0136. The average Bonchev–Trinajstić information content (AvgIpc) is 2.95. The van der Waals surface area contributed by atoms with Crippen LogP contribution in [0.4, 0.5) is 19.7 Å². The molecule has 50 heavy (non-hydrogen) atoms. The van der Waals surface area contributed by atoms with Crippen LogP contribution in [0, 0.1) is 12.7 Å². The van der Waals surface area contributed by atoms with Crippen LogP contribution in [0.3, 0.4) is 0 Å². The van der Waals surface area contributed by atoms with Crippen LogP contribution in [0.15, 0.2) is 71.9 Å². The number of amidine groups is 1. The summed E-state index contributed by atoms with van der Waals surface area (Å²) in [6, 6.07) is 16.4. The number of ether oxygens (including phenoxy) is 2. The monoisotopic (exact) mass is 706 g/mol. The van der Waals surface area contributed by atoms with E-state index in [0.29, 0.717) is 10.5 Å². The molecule has 1 atom stereocenters. The van der Waals surface area contributed by atoms with Gasteiger partial charge in [-0.1, -0.05) is 30.3 Å². The predicted molar refractivity (Wildman–Crippen MR) is 188 cm³/mol. The summed E-state index contributed by atoms with van der Waals surface area (Å²) < 4.78 is 54.5. The molecular formula is C37H43FN4O7S. The van der Waals surface area contributed by atoms with E-state index in [9.17, 15) is 22.8 Å². The highest BCUT2D eigenvalue weighted by molar-refractivity contribution is 7.94. The number of amides is 2. The van der Waals surface area contributed by atoms with Crippen LogP contribution in [-0.2, 0) is 31.3 Å². The van der Waals surface area contributed by atoms with Gasteiger partial charge in [-0.2, -0.15) is 4.90 Å². The largest absolute Gasteiger partial charge is 0.443 e. The van der Waals surface area contributed by atoms with E-state index in [0.717, 1.165) is 17.3 Å². The van der Waals surface area contributed by atoms with Gasteiger partial charge in [0.25, 0.3) is 0 Å². The van der Waals surface area contributed by atoms with E-state index in [4.69, 9.17) is 14.5 Å². The fourth-order valence-corrected chi connectivity index (χ4v) is 8.36. The van der Waals surface area contributed by atoms with Gasteiger partial charge in [0.15, 0.2) is 20.4 Å². The molecule has 266 valence electrons. The number of imide groups is 1. The molecule has 1 saturated heterocycles. The number of para-hydroxylation sites is 1. The van der Waals surface area contributed by atoms with Crippen LogP contribution in [0.1, 0.15) is 75.6 Å². The summed E-state index contributed by atoms with van der Waals surface area (Å²) in [5.41, 5.74) is -1.88. The fourth-order valence-electron chi connectivity index (χ4n) is 6.00. The highest BCUT2D eigenvalue weighted by Crippen LogP contribution is 2.45. The zero-order chi connectivity index (χ0) is 36.9. The normalized spacial score (nSPS) is 19.6. The maximum absolute atomic E-state index is 15.9. The molecule has 1 fully saturated rings. The lowest BCUT2D eigenvalue weighted by Crippen LogP contribution is -2.76. The number of benzene rings is 2. The van der Waals surface area contributed by atoms with Gasteiger partial charge in [-0.05, 0) is 96.8 Å². The molecule has 3 heterocycles. The summed E-state index contributed by atoms with van der Waals surface area (Å²) in [6.07, 6.45) is -0.939. The molecule has 3 aromatic rings. The van der Waals surface area contributed by atoms with Gasteiger partial charge in [0, 0.05) is 37.0 Å². The number of aryl methyl sites for hydroxylation is 1. The minimum Gasteiger partial charge on any atom is -0.443 e. The Balaban J connectivity index is 1.66. The smallest absolute Gasteiger partial charge is 0.425 e. The van der Waals surface area contributed by atoms with Gasteiger partial charge in [-0.3, -0.25) is 14.8 Å². The summed E-state index contributed by atoms with van der Waals surface area (Å²) in [5, 5.41) is 0. The third kappa shape index (κ3) is 7.42. The van der Waals surface area contributed by atoms with E-state index in [2.05, 4.69) is 4.98 Å². The predicted octanol–water partition coefficient (Wildman–Crippen LogP) is 6.43. The molecule has 2 aromatic carbocycles. The van der Waals surface area contributed by atoms with Crippen molar-refractivity contribution in [1.82, 2.24) is 9.88 Å². The first-order chi connectivity index (χ1) is 23.1. The summed E-state index contributed by atoms with van der Waals surface area (Å²) in [4.78, 5) is 52.3. The van der Waals surface area contributed by atoms with Crippen molar-refractivity contribution in [2.75, 3.05) is 23.7 Å². The second kappa shape index (κ2) is 12.9. The van der Waals surface area contributed by atoms with Crippen molar-refractivity contribution in [3.8, 4) is 0 Å². The van der Waals surface area contributed by atoms with Crippen molar-refractivity contribution in [2.45, 2.75) is 83.3 Å². The van der Waals surface area contributed by atoms with E-state index in [1.807, 2.05) is 37.3 Å². The number of Topliss-reactive ketones (excluding diaryl/α,β-unsaturated/α-hetero) is 1. The minimum atomic E-state index is -4.30. The van der Waals surface area contributed by atoms with Crippen LogP contribution in [-0.4, -0.2) is 76.9 Å². The zero-order valence-electron chi connectivity index (χ0n) is 29.6. The third-order valence-electron chi connectivity index (χ3n) is 8.38. The molecule has 0 saturated carbocycles. The van der Waals surface area contributed by atoms with E-state index in [1.54, 1.807) is 64.8 Å². The number of nitrogens with zero attached hydrogens (tertiary/aromatic N) is 4. The topological polar surface area (TPSA) is 136 Å². The first-order valence-corrected chi connectivity index (χ1v) is 17.9. The fraction of sp³-hybridized carbons (Fsp3) is 0.432.